The molecular weight excluding hydrogens is 377 g/mol. The molecule has 2 aromatic rings. The van der Waals surface area contributed by atoms with E-state index in [-0.39, 0.29) is 11.8 Å². The summed E-state index contributed by atoms with van der Waals surface area (Å²) >= 11 is 0. The number of pyridine rings is 1. The maximum atomic E-state index is 12.4. The Labute approximate surface area is 177 Å². The van der Waals surface area contributed by atoms with Gasteiger partial charge >= 0.3 is 7.12 Å². The van der Waals surface area contributed by atoms with E-state index < -0.39 is 18.3 Å². The number of fused-ring (bicyclic) bond motifs is 4. The zero-order chi connectivity index (χ0) is 21.3. The zero-order valence-corrected chi connectivity index (χ0v) is 18.3. The number of hydrogen-bond acceptors (Lipinski definition) is 5. The number of aromatic nitrogens is 1. The predicted molar refractivity (Wildman–Crippen MR) is 118 cm³/mol. The molecule has 7 heteroatoms. The van der Waals surface area contributed by atoms with Crippen molar-refractivity contribution in [2.24, 2.45) is 0 Å². The summed E-state index contributed by atoms with van der Waals surface area (Å²) in [5, 5.41) is 6.44. The summed E-state index contributed by atoms with van der Waals surface area (Å²) in [4.78, 5) is 17.1. The van der Waals surface area contributed by atoms with Crippen LogP contribution in [0.3, 0.4) is 0 Å². The summed E-state index contributed by atoms with van der Waals surface area (Å²) in [5.74, 6) is 1.14. The van der Waals surface area contributed by atoms with Crippen LogP contribution in [-0.2, 0) is 15.7 Å². The van der Waals surface area contributed by atoms with E-state index in [9.17, 15) is 4.79 Å². The first-order valence-electron chi connectivity index (χ1n) is 10.7. The molecule has 0 spiro atoms. The quantitative estimate of drug-likeness (QED) is 0.714. The summed E-state index contributed by atoms with van der Waals surface area (Å²) < 4.78 is 12.5. The molecule has 3 aliphatic rings. The van der Waals surface area contributed by atoms with Crippen molar-refractivity contribution in [1.82, 2.24) is 10.3 Å². The number of rotatable bonds is 1. The maximum Gasteiger partial charge on any atom is 0.496 e. The Bertz CT molecular complexity index is 1030. The van der Waals surface area contributed by atoms with Gasteiger partial charge in [-0.25, -0.2) is 4.98 Å². The fraction of sp³-hybridized carbons (Fsp3) is 0.478. The molecule has 0 radical (unpaired) electrons. The molecule has 5 rings (SSSR count). The monoisotopic (exact) mass is 405 g/mol. The summed E-state index contributed by atoms with van der Waals surface area (Å²) in [6.07, 6.45) is 2.69. The van der Waals surface area contributed by atoms with Gasteiger partial charge in [-0.3, -0.25) is 4.79 Å². The van der Waals surface area contributed by atoms with Crippen molar-refractivity contribution in [3.05, 3.63) is 41.1 Å². The van der Waals surface area contributed by atoms with Crippen LogP contribution in [0.2, 0.25) is 0 Å². The molecule has 1 amide bonds. The van der Waals surface area contributed by atoms with Gasteiger partial charge in [0.15, 0.2) is 0 Å². The average Bonchev–Trinajstić information content (AvgIpc) is 2.83. The molecule has 3 aliphatic heterocycles. The second kappa shape index (κ2) is 6.56. The lowest BCUT2D eigenvalue weighted by Crippen LogP contribution is -2.41. The Morgan fingerprint density at radius 2 is 1.77 bits per heavy atom. The fourth-order valence-corrected chi connectivity index (χ4v) is 4.42. The summed E-state index contributed by atoms with van der Waals surface area (Å²) in [6.45, 7) is 11.8. The third kappa shape index (κ3) is 2.95. The molecule has 4 heterocycles. The van der Waals surface area contributed by atoms with Gasteiger partial charge < -0.3 is 19.9 Å². The summed E-state index contributed by atoms with van der Waals surface area (Å²) in [5.41, 5.74) is 5.35. The van der Waals surface area contributed by atoms with Crippen molar-refractivity contribution in [2.45, 2.75) is 58.2 Å². The van der Waals surface area contributed by atoms with Crippen molar-refractivity contribution < 1.29 is 14.1 Å². The molecule has 0 bridgehead atoms. The van der Waals surface area contributed by atoms with E-state index in [4.69, 9.17) is 14.3 Å². The molecule has 1 unspecified atom stereocenters. The highest BCUT2D eigenvalue weighted by Gasteiger charge is 2.52. The van der Waals surface area contributed by atoms with Crippen LogP contribution in [0.5, 0.6) is 0 Å². The van der Waals surface area contributed by atoms with Crippen LogP contribution in [0, 0.1) is 0 Å². The van der Waals surface area contributed by atoms with Gasteiger partial charge in [-0.05, 0) is 74.9 Å². The number of nitrogens with one attached hydrogen (secondary N) is 2. The van der Waals surface area contributed by atoms with Gasteiger partial charge in [-0.2, -0.15) is 0 Å². The summed E-state index contributed by atoms with van der Waals surface area (Å²) in [7, 11) is -0.458. The number of anilines is 1. The SMILES string of the molecule is CC1CNc2ncc(B3OC(C)(C)C(C)(C)O3)cc2-c2cc3c(cc21)C(=O)NCC3. The normalized spacial score (nSPS) is 23.6. The van der Waals surface area contributed by atoms with Gasteiger partial charge in [-0.1, -0.05) is 6.92 Å². The van der Waals surface area contributed by atoms with Crippen LogP contribution in [0.25, 0.3) is 11.1 Å². The highest BCUT2D eigenvalue weighted by atomic mass is 16.7. The number of carbonyl (C=O) groups is 1. The van der Waals surface area contributed by atoms with Crippen molar-refractivity contribution in [3.8, 4) is 11.1 Å². The van der Waals surface area contributed by atoms with Crippen molar-refractivity contribution in [3.63, 3.8) is 0 Å². The Hall–Kier alpha value is -2.38. The van der Waals surface area contributed by atoms with Crippen LogP contribution < -0.4 is 16.1 Å². The van der Waals surface area contributed by atoms with Gasteiger partial charge in [0, 0.05) is 35.9 Å². The summed E-state index contributed by atoms with van der Waals surface area (Å²) in [6, 6.07) is 6.38. The second-order valence-electron chi connectivity index (χ2n) is 9.64. The largest absolute Gasteiger partial charge is 0.496 e. The van der Waals surface area contributed by atoms with Crippen LogP contribution >= 0.6 is 0 Å². The second-order valence-corrected chi connectivity index (χ2v) is 9.64. The molecular formula is C23H28BN3O3. The molecule has 2 N–H and O–H groups in total. The van der Waals surface area contributed by atoms with Crippen molar-refractivity contribution in [1.29, 1.82) is 0 Å². The van der Waals surface area contributed by atoms with Gasteiger partial charge in [0.05, 0.1) is 11.2 Å². The number of carbonyl (C=O) groups excluding carboxylic acids is 1. The topological polar surface area (TPSA) is 72.5 Å². The van der Waals surface area contributed by atoms with E-state index in [2.05, 4.69) is 63.5 Å². The number of amides is 1. The lowest BCUT2D eigenvalue weighted by Gasteiger charge is -2.32. The Balaban J connectivity index is 1.63. The van der Waals surface area contributed by atoms with E-state index >= 15 is 0 Å². The molecule has 1 aromatic heterocycles. The van der Waals surface area contributed by atoms with Crippen LogP contribution in [0.4, 0.5) is 5.82 Å². The van der Waals surface area contributed by atoms with Crippen LogP contribution in [0.15, 0.2) is 24.4 Å². The minimum absolute atomic E-state index is 0.0211. The molecule has 0 aliphatic carbocycles. The fourth-order valence-electron chi connectivity index (χ4n) is 4.42. The van der Waals surface area contributed by atoms with Crippen molar-refractivity contribution >= 4 is 24.3 Å². The van der Waals surface area contributed by atoms with Crippen LogP contribution in [0.1, 0.15) is 62.0 Å². The Morgan fingerprint density at radius 3 is 2.50 bits per heavy atom. The smallest absolute Gasteiger partial charge is 0.399 e. The first kappa shape index (κ1) is 19.6. The first-order valence-corrected chi connectivity index (χ1v) is 10.7. The minimum Gasteiger partial charge on any atom is -0.399 e. The highest BCUT2D eigenvalue weighted by Crippen LogP contribution is 2.40. The van der Waals surface area contributed by atoms with Gasteiger partial charge in [0.25, 0.3) is 5.91 Å². The standard InChI is InChI=1S/C23H28BN3O3/c1-13-11-26-20-19(18-8-14-6-7-25-21(28)17(14)10-16(13)18)9-15(12-27-20)24-29-22(2,3)23(4,5)30-24/h8-10,12-13H,6-7,11H2,1-5H3,(H,25,28)(H,26,27). The maximum absolute atomic E-state index is 12.4. The third-order valence-corrected chi connectivity index (χ3v) is 7.03. The molecule has 6 nitrogen and oxygen atoms in total. The predicted octanol–water partition coefficient (Wildman–Crippen LogP) is 2.86. The molecule has 1 fully saturated rings. The first-order chi connectivity index (χ1) is 14.2. The van der Waals surface area contributed by atoms with E-state index in [0.29, 0.717) is 6.54 Å². The molecule has 1 saturated heterocycles. The minimum atomic E-state index is -0.458. The third-order valence-electron chi connectivity index (χ3n) is 7.03. The lowest BCUT2D eigenvalue weighted by atomic mass is 9.78. The van der Waals surface area contributed by atoms with E-state index in [0.717, 1.165) is 46.5 Å². The van der Waals surface area contributed by atoms with Crippen molar-refractivity contribution in [2.75, 3.05) is 18.4 Å². The molecule has 156 valence electrons. The average molecular weight is 405 g/mol. The molecule has 1 aromatic carbocycles. The van der Waals surface area contributed by atoms with Gasteiger partial charge in [-0.15, -0.1) is 0 Å². The molecule has 30 heavy (non-hydrogen) atoms. The lowest BCUT2D eigenvalue weighted by molar-refractivity contribution is 0.00578. The zero-order valence-electron chi connectivity index (χ0n) is 18.3. The Morgan fingerprint density at radius 1 is 1.03 bits per heavy atom. The molecule has 1 atom stereocenters. The van der Waals surface area contributed by atoms with E-state index in [1.54, 1.807) is 0 Å². The van der Waals surface area contributed by atoms with Gasteiger partial charge in [0.2, 0.25) is 0 Å². The van der Waals surface area contributed by atoms with E-state index in [1.165, 1.54) is 5.56 Å². The molecule has 0 saturated carbocycles. The number of nitrogens with zero attached hydrogens (tertiary/aromatic N) is 1. The number of hydrogen-bond donors (Lipinski definition) is 2. The number of benzene rings is 1. The van der Waals surface area contributed by atoms with Crippen LogP contribution in [-0.4, -0.2) is 42.3 Å². The van der Waals surface area contributed by atoms with E-state index in [1.807, 2.05) is 6.20 Å². The Kier molecular flexibility index (Phi) is 4.28. The van der Waals surface area contributed by atoms with Gasteiger partial charge in [0.1, 0.15) is 5.82 Å². The highest BCUT2D eigenvalue weighted by molar-refractivity contribution is 6.62.